The molecular weight excluding hydrogens is 186 g/mol. The Balaban J connectivity index is 2.17. The maximum atomic E-state index is 5.74. The molecule has 78 valence electrons. The van der Waals surface area contributed by atoms with E-state index >= 15 is 0 Å². The molecular formula is C12H15N3. The van der Waals surface area contributed by atoms with Crippen LogP contribution in [0, 0.1) is 0 Å². The van der Waals surface area contributed by atoms with Crippen molar-refractivity contribution in [3.8, 4) is 5.69 Å². The van der Waals surface area contributed by atoms with Crippen LogP contribution in [0.4, 0.5) is 0 Å². The van der Waals surface area contributed by atoms with Gasteiger partial charge in [0, 0.05) is 18.4 Å². The van der Waals surface area contributed by atoms with Crippen molar-refractivity contribution in [1.29, 1.82) is 0 Å². The maximum Gasteiger partial charge on any atom is 0.0645 e. The summed E-state index contributed by atoms with van der Waals surface area (Å²) >= 11 is 0. The molecule has 0 spiro atoms. The van der Waals surface area contributed by atoms with E-state index in [1.54, 1.807) is 6.20 Å². The Morgan fingerprint density at radius 3 is 2.60 bits per heavy atom. The summed E-state index contributed by atoms with van der Waals surface area (Å²) in [7, 11) is 0. The van der Waals surface area contributed by atoms with E-state index in [0.717, 1.165) is 12.1 Å². The second-order valence-corrected chi connectivity index (χ2v) is 3.80. The van der Waals surface area contributed by atoms with Crippen LogP contribution in [-0.2, 0) is 6.42 Å². The van der Waals surface area contributed by atoms with Crippen molar-refractivity contribution in [2.45, 2.75) is 19.4 Å². The first-order valence-corrected chi connectivity index (χ1v) is 5.10. The van der Waals surface area contributed by atoms with Gasteiger partial charge in [-0.25, -0.2) is 4.68 Å². The molecule has 2 N–H and O–H groups in total. The molecule has 1 heterocycles. The smallest absolute Gasteiger partial charge is 0.0645 e. The summed E-state index contributed by atoms with van der Waals surface area (Å²) in [6, 6.07) is 10.4. The molecule has 0 amide bonds. The van der Waals surface area contributed by atoms with E-state index in [4.69, 9.17) is 5.73 Å². The first-order chi connectivity index (χ1) is 7.25. The van der Waals surface area contributed by atoms with Crippen molar-refractivity contribution in [3.05, 3.63) is 48.3 Å². The summed E-state index contributed by atoms with van der Waals surface area (Å²) in [6.45, 7) is 2.02. The molecule has 0 saturated heterocycles. The third kappa shape index (κ3) is 2.44. The van der Waals surface area contributed by atoms with Gasteiger partial charge in [0.1, 0.15) is 0 Å². The van der Waals surface area contributed by atoms with Crippen LogP contribution < -0.4 is 5.73 Å². The summed E-state index contributed by atoms with van der Waals surface area (Å²) in [5.41, 5.74) is 8.08. The maximum absolute atomic E-state index is 5.74. The lowest BCUT2D eigenvalue weighted by Crippen LogP contribution is -2.17. The molecule has 0 aliphatic carbocycles. The van der Waals surface area contributed by atoms with Crippen LogP contribution in [0.15, 0.2) is 42.7 Å². The average Bonchev–Trinajstić information content (AvgIpc) is 2.71. The predicted octanol–water partition coefficient (Wildman–Crippen LogP) is 1.76. The third-order valence-corrected chi connectivity index (χ3v) is 2.26. The van der Waals surface area contributed by atoms with Crippen LogP contribution in [0.2, 0.25) is 0 Å². The fraction of sp³-hybridized carbons (Fsp3) is 0.250. The standard InChI is InChI=1S/C12H15N3/c1-10(13)9-11-3-5-12(6-4-11)15-8-2-7-14-15/h2-8,10H,9,13H2,1H3. The summed E-state index contributed by atoms with van der Waals surface area (Å²) in [4.78, 5) is 0. The van der Waals surface area contributed by atoms with Crippen molar-refractivity contribution in [3.63, 3.8) is 0 Å². The molecule has 0 aliphatic heterocycles. The predicted molar refractivity (Wildman–Crippen MR) is 60.9 cm³/mol. The van der Waals surface area contributed by atoms with Crippen molar-refractivity contribution < 1.29 is 0 Å². The number of aromatic nitrogens is 2. The van der Waals surface area contributed by atoms with Crippen molar-refractivity contribution >= 4 is 0 Å². The van der Waals surface area contributed by atoms with Gasteiger partial charge in [-0.1, -0.05) is 12.1 Å². The van der Waals surface area contributed by atoms with Crippen LogP contribution in [-0.4, -0.2) is 15.8 Å². The highest BCUT2D eigenvalue weighted by Gasteiger charge is 1.99. The minimum Gasteiger partial charge on any atom is -0.328 e. The molecule has 1 aromatic carbocycles. The third-order valence-electron chi connectivity index (χ3n) is 2.26. The molecule has 0 radical (unpaired) electrons. The van der Waals surface area contributed by atoms with Gasteiger partial charge in [0.2, 0.25) is 0 Å². The zero-order valence-electron chi connectivity index (χ0n) is 8.80. The Morgan fingerprint density at radius 2 is 2.07 bits per heavy atom. The number of rotatable bonds is 3. The van der Waals surface area contributed by atoms with Crippen molar-refractivity contribution in [1.82, 2.24) is 9.78 Å². The number of nitrogens with two attached hydrogens (primary N) is 1. The first-order valence-electron chi connectivity index (χ1n) is 5.10. The van der Waals surface area contributed by atoms with Gasteiger partial charge in [-0.15, -0.1) is 0 Å². The largest absolute Gasteiger partial charge is 0.328 e. The van der Waals surface area contributed by atoms with Crippen molar-refractivity contribution in [2.24, 2.45) is 5.73 Å². The topological polar surface area (TPSA) is 43.8 Å². The number of hydrogen-bond donors (Lipinski definition) is 1. The number of hydrogen-bond acceptors (Lipinski definition) is 2. The van der Waals surface area contributed by atoms with Crippen LogP contribution in [0.25, 0.3) is 5.69 Å². The molecule has 1 unspecified atom stereocenters. The van der Waals surface area contributed by atoms with Crippen LogP contribution in [0.1, 0.15) is 12.5 Å². The second kappa shape index (κ2) is 4.28. The summed E-state index contributed by atoms with van der Waals surface area (Å²) in [5, 5.41) is 4.17. The quantitative estimate of drug-likeness (QED) is 0.822. The Bertz CT molecular complexity index is 401. The fourth-order valence-corrected chi connectivity index (χ4v) is 1.58. The molecule has 0 saturated carbocycles. The molecule has 0 fully saturated rings. The molecule has 0 bridgehead atoms. The molecule has 3 heteroatoms. The van der Waals surface area contributed by atoms with Gasteiger partial charge in [0.05, 0.1) is 5.69 Å². The lowest BCUT2D eigenvalue weighted by Gasteiger charge is -2.06. The lowest BCUT2D eigenvalue weighted by molar-refractivity contribution is 0.737. The lowest BCUT2D eigenvalue weighted by atomic mass is 10.1. The van der Waals surface area contributed by atoms with Gasteiger partial charge in [-0.2, -0.15) is 5.10 Å². The van der Waals surface area contributed by atoms with Crippen LogP contribution in [0.5, 0.6) is 0 Å². The highest BCUT2D eigenvalue weighted by molar-refractivity contribution is 5.33. The Kier molecular flexibility index (Phi) is 2.83. The van der Waals surface area contributed by atoms with Crippen LogP contribution in [0.3, 0.4) is 0 Å². The average molecular weight is 201 g/mol. The van der Waals surface area contributed by atoms with E-state index in [1.165, 1.54) is 5.56 Å². The number of nitrogens with zero attached hydrogens (tertiary/aromatic N) is 2. The monoisotopic (exact) mass is 201 g/mol. The summed E-state index contributed by atoms with van der Waals surface area (Å²) in [5.74, 6) is 0. The summed E-state index contributed by atoms with van der Waals surface area (Å²) in [6.07, 6.45) is 4.62. The molecule has 2 aromatic rings. The molecule has 1 atom stereocenters. The Morgan fingerprint density at radius 1 is 1.33 bits per heavy atom. The normalized spacial score (nSPS) is 12.7. The van der Waals surface area contributed by atoms with Gasteiger partial charge < -0.3 is 5.73 Å². The summed E-state index contributed by atoms with van der Waals surface area (Å²) < 4.78 is 1.84. The zero-order valence-corrected chi connectivity index (χ0v) is 8.80. The van der Waals surface area contributed by atoms with E-state index in [1.807, 2.05) is 23.9 Å². The minimum atomic E-state index is 0.209. The highest BCUT2D eigenvalue weighted by atomic mass is 15.3. The van der Waals surface area contributed by atoms with Crippen molar-refractivity contribution in [2.75, 3.05) is 0 Å². The van der Waals surface area contributed by atoms with E-state index in [9.17, 15) is 0 Å². The number of benzene rings is 1. The molecule has 1 aromatic heterocycles. The van der Waals surface area contributed by atoms with Gasteiger partial charge in [-0.05, 0) is 37.1 Å². The van der Waals surface area contributed by atoms with E-state index < -0.39 is 0 Å². The van der Waals surface area contributed by atoms with E-state index in [0.29, 0.717) is 0 Å². The van der Waals surface area contributed by atoms with Gasteiger partial charge >= 0.3 is 0 Å². The minimum absolute atomic E-state index is 0.209. The zero-order chi connectivity index (χ0) is 10.7. The van der Waals surface area contributed by atoms with Gasteiger partial charge in [-0.3, -0.25) is 0 Å². The fourth-order valence-electron chi connectivity index (χ4n) is 1.58. The molecule has 3 nitrogen and oxygen atoms in total. The molecule has 15 heavy (non-hydrogen) atoms. The molecule has 0 aliphatic rings. The SMILES string of the molecule is CC(N)Cc1ccc(-n2cccn2)cc1. The second-order valence-electron chi connectivity index (χ2n) is 3.80. The van der Waals surface area contributed by atoms with E-state index in [2.05, 4.69) is 29.4 Å². The van der Waals surface area contributed by atoms with Gasteiger partial charge in [0.15, 0.2) is 0 Å². The Hall–Kier alpha value is -1.61. The molecule has 2 rings (SSSR count). The van der Waals surface area contributed by atoms with Crippen LogP contribution >= 0.6 is 0 Å². The van der Waals surface area contributed by atoms with E-state index in [-0.39, 0.29) is 6.04 Å². The first kappa shape index (κ1) is 9.93. The Labute approximate surface area is 89.5 Å². The van der Waals surface area contributed by atoms with Gasteiger partial charge in [0.25, 0.3) is 0 Å². The highest BCUT2D eigenvalue weighted by Crippen LogP contribution is 2.09.